The normalized spacial score (nSPS) is 11.0. The zero-order chi connectivity index (χ0) is 18.6. The number of rotatable bonds is 4. The predicted molar refractivity (Wildman–Crippen MR) is 88.5 cm³/mol. The maximum absolute atomic E-state index is 12.6. The van der Waals surface area contributed by atoms with Crippen LogP contribution in [0.2, 0.25) is 0 Å². The summed E-state index contributed by atoms with van der Waals surface area (Å²) < 4.78 is 40.8. The van der Waals surface area contributed by atoms with Crippen LogP contribution in [0, 0.1) is 0 Å². The number of anilines is 1. The molecule has 1 aromatic carbocycles. The second-order valence-electron chi connectivity index (χ2n) is 5.14. The fraction of sp³-hybridized carbons (Fsp3) is 0.0556. The minimum atomic E-state index is -4.81. The van der Waals surface area contributed by atoms with E-state index in [0.717, 1.165) is 12.1 Å². The van der Waals surface area contributed by atoms with E-state index in [2.05, 4.69) is 20.0 Å². The molecule has 0 unspecified atom stereocenters. The lowest BCUT2D eigenvalue weighted by atomic mass is 10.1. The van der Waals surface area contributed by atoms with Gasteiger partial charge in [0.2, 0.25) is 0 Å². The molecule has 0 fully saturated rings. The summed E-state index contributed by atoms with van der Waals surface area (Å²) in [5.41, 5.74) is 1.28. The van der Waals surface area contributed by atoms with Crippen molar-refractivity contribution in [2.45, 2.75) is 6.36 Å². The van der Waals surface area contributed by atoms with Crippen molar-refractivity contribution in [3.05, 3.63) is 72.6 Å². The molecule has 1 N–H and O–H groups in total. The minimum absolute atomic E-state index is 0.160. The maximum atomic E-state index is 12.6. The Hall–Kier alpha value is -3.42. The van der Waals surface area contributed by atoms with Crippen LogP contribution in [0.15, 0.2) is 67.0 Å². The average Bonchev–Trinajstić information content (AvgIpc) is 2.61. The topological polar surface area (TPSA) is 64.1 Å². The number of hydrogen-bond acceptors (Lipinski definition) is 4. The van der Waals surface area contributed by atoms with Crippen molar-refractivity contribution in [1.29, 1.82) is 0 Å². The van der Waals surface area contributed by atoms with E-state index in [9.17, 15) is 18.0 Å². The summed E-state index contributed by atoms with van der Waals surface area (Å²) >= 11 is 0. The van der Waals surface area contributed by atoms with Gasteiger partial charge >= 0.3 is 6.36 Å². The largest absolute Gasteiger partial charge is 0.573 e. The van der Waals surface area contributed by atoms with Crippen molar-refractivity contribution < 1.29 is 22.7 Å². The first kappa shape index (κ1) is 17.4. The molecular formula is C18H12F3N3O2. The number of nitrogens with one attached hydrogen (secondary N) is 1. The zero-order valence-electron chi connectivity index (χ0n) is 13.2. The molecule has 0 radical (unpaired) electrons. The molecule has 0 bridgehead atoms. The second kappa shape index (κ2) is 7.22. The van der Waals surface area contributed by atoms with Gasteiger partial charge in [-0.2, -0.15) is 0 Å². The van der Waals surface area contributed by atoms with Crippen molar-refractivity contribution in [1.82, 2.24) is 9.97 Å². The summed E-state index contributed by atoms with van der Waals surface area (Å²) in [5.74, 6) is -0.950. The Morgan fingerprint density at radius 1 is 0.962 bits per heavy atom. The fourth-order valence-electron chi connectivity index (χ4n) is 2.26. The minimum Gasteiger partial charge on any atom is -0.406 e. The van der Waals surface area contributed by atoms with Crippen LogP contribution in [0.5, 0.6) is 5.75 Å². The van der Waals surface area contributed by atoms with E-state index >= 15 is 0 Å². The summed E-state index contributed by atoms with van der Waals surface area (Å²) in [6, 6.07) is 13.4. The van der Waals surface area contributed by atoms with Gasteiger partial charge in [-0.3, -0.25) is 14.8 Å². The van der Waals surface area contributed by atoms with Crippen LogP contribution in [0.4, 0.5) is 18.9 Å². The summed E-state index contributed by atoms with van der Waals surface area (Å²) in [7, 11) is 0. The van der Waals surface area contributed by atoms with Crippen molar-refractivity contribution in [3.8, 4) is 17.1 Å². The molecule has 0 spiro atoms. The van der Waals surface area contributed by atoms with Gasteiger partial charge in [0.25, 0.3) is 5.91 Å². The molecule has 132 valence electrons. The first-order chi connectivity index (χ1) is 12.4. The van der Waals surface area contributed by atoms with Crippen LogP contribution in [-0.2, 0) is 0 Å². The number of pyridine rings is 2. The van der Waals surface area contributed by atoms with Crippen molar-refractivity contribution in [3.63, 3.8) is 0 Å². The Bertz CT molecular complexity index is 915. The van der Waals surface area contributed by atoms with Gasteiger partial charge in [-0.25, -0.2) is 0 Å². The van der Waals surface area contributed by atoms with Crippen molar-refractivity contribution in [2.75, 3.05) is 5.32 Å². The molecule has 0 atom stereocenters. The van der Waals surface area contributed by atoms with E-state index < -0.39 is 18.0 Å². The van der Waals surface area contributed by atoms with E-state index in [0.29, 0.717) is 11.4 Å². The number of alkyl halides is 3. The number of amides is 1. The van der Waals surface area contributed by atoms with E-state index in [1.165, 1.54) is 18.3 Å². The Kier molecular flexibility index (Phi) is 4.83. The summed E-state index contributed by atoms with van der Waals surface area (Å²) in [6.07, 6.45) is -1.71. The molecule has 26 heavy (non-hydrogen) atoms. The lowest BCUT2D eigenvalue weighted by Crippen LogP contribution is -2.17. The third kappa shape index (κ3) is 4.35. The first-order valence-corrected chi connectivity index (χ1v) is 7.46. The first-order valence-electron chi connectivity index (χ1n) is 7.46. The molecule has 1 amide bonds. The Balaban J connectivity index is 1.85. The van der Waals surface area contributed by atoms with E-state index in [1.807, 2.05) is 0 Å². The summed E-state index contributed by atoms with van der Waals surface area (Å²) in [5, 5.41) is 2.54. The quantitative estimate of drug-likeness (QED) is 0.755. The lowest BCUT2D eigenvalue weighted by Gasteiger charge is -2.12. The fourth-order valence-corrected chi connectivity index (χ4v) is 2.26. The van der Waals surface area contributed by atoms with Crippen LogP contribution in [0.1, 0.15) is 10.4 Å². The SMILES string of the molecule is O=C(Nc1cccc(OC(F)(F)F)c1)c1cccnc1-c1ccccn1. The van der Waals surface area contributed by atoms with Gasteiger partial charge in [-0.05, 0) is 36.4 Å². The highest BCUT2D eigenvalue weighted by Gasteiger charge is 2.31. The van der Waals surface area contributed by atoms with Crippen molar-refractivity contribution >= 4 is 11.6 Å². The van der Waals surface area contributed by atoms with Gasteiger partial charge in [0.05, 0.1) is 11.3 Å². The van der Waals surface area contributed by atoms with Gasteiger partial charge < -0.3 is 10.1 Å². The summed E-state index contributed by atoms with van der Waals surface area (Å²) in [6.45, 7) is 0. The Morgan fingerprint density at radius 3 is 2.50 bits per heavy atom. The smallest absolute Gasteiger partial charge is 0.406 e. The number of ether oxygens (including phenoxy) is 1. The number of aromatic nitrogens is 2. The highest BCUT2D eigenvalue weighted by Crippen LogP contribution is 2.26. The molecular weight excluding hydrogens is 347 g/mol. The van der Waals surface area contributed by atoms with Gasteiger partial charge in [0.15, 0.2) is 0 Å². The van der Waals surface area contributed by atoms with Gasteiger partial charge in [0, 0.05) is 24.1 Å². The molecule has 5 nitrogen and oxygen atoms in total. The highest BCUT2D eigenvalue weighted by molar-refractivity contribution is 6.07. The summed E-state index contributed by atoms with van der Waals surface area (Å²) in [4.78, 5) is 20.9. The molecule has 2 heterocycles. The van der Waals surface area contributed by atoms with Crippen LogP contribution < -0.4 is 10.1 Å². The molecule has 0 aliphatic heterocycles. The van der Waals surface area contributed by atoms with Crippen molar-refractivity contribution in [2.24, 2.45) is 0 Å². The Morgan fingerprint density at radius 2 is 1.77 bits per heavy atom. The molecule has 8 heteroatoms. The lowest BCUT2D eigenvalue weighted by molar-refractivity contribution is -0.274. The molecule has 3 aromatic rings. The molecule has 0 saturated heterocycles. The molecule has 2 aromatic heterocycles. The molecule has 0 saturated carbocycles. The number of benzene rings is 1. The third-order valence-electron chi connectivity index (χ3n) is 3.29. The standard InChI is InChI=1S/C18H12F3N3O2/c19-18(20,21)26-13-6-3-5-12(11-13)24-17(25)14-7-4-10-23-16(14)15-8-1-2-9-22-15/h1-11H,(H,24,25). The highest BCUT2D eigenvalue weighted by atomic mass is 19.4. The van der Waals surface area contributed by atoms with Gasteiger partial charge in [-0.15, -0.1) is 13.2 Å². The number of nitrogens with zero attached hydrogens (tertiary/aromatic N) is 2. The third-order valence-corrected chi connectivity index (χ3v) is 3.29. The Labute approximate surface area is 146 Å². The second-order valence-corrected chi connectivity index (χ2v) is 5.14. The average molecular weight is 359 g/mol. The van der Waals surface area contributed by atoms with E-state index in [-0.39, 0.29) is 11.3 Å². The van der Waals surface area contributed by atoms with Gasteiger partial charge in [-0.1, -0.05) is 12.1 Å². The van der Waals surface area contributed by atoms with E-state index in [4.69, 9.17) is 0 Å². The molecule has 3 rings (SSSR count). The number of carbonyl (C=O) groups is 1. The number of hydrogen-bond donors (Lipinski definition) is 1. The number of halogens is 3. The zero-order valence-corrected chi connectivity index (χ0v) is 13.2. The maximum Gasteiger partial charge on any atom is 0.573 e. The van der Waals surface area contributed by atoms with Crippen LogP contribution >= 0.6 is 0 Å². The van der Waals surface area contributed by atoms with Crippen LogP contribution in [0.25, 0.3) is 11.4 Å². The number of carbonyl (C=O) groups excluding carboxylic acids is 1. The van der Waals surface area contributed by atoms with Gasteiger partial charge in [0.1, 0.15) is 11.4 Å². The molecule has 0 aliphatic rings. The molecule has 0 aliphatic carbocycles. The van der Waals surface area contributed by atoms with Crippen LogP contribution in [-0.4, -0.2) is 22.2 Å². The van der Waals surface area contributed by atoms with Crippen LogP contribution in [0.3, 0.4) is 0 Å². The predicted octanol–water partition coefficient (Wildman–Crippen LogP) is 4.29. The monoisotopic (exact) mass is 359 g/mol. The van der Waals surface area contributed by atoms with E-state index in [1.54, 1.807) is 36.5 Å².